The summed E-state index contributed by atoms with van der Waals surface area (Å²) < 4.78 is 26.6. The van der Waals surface area contributed by atoms with Crippen molar-refractivity contribution >= 4 is 15.9 Å². The van der Waals surface area contributed by atoms with E-state index in [0.717, 1.165) is 7.11 Å². The second kappa shape index (κ2) is 4.70. The van der Waals surface area contributed by atoms with Crippen molar-refractivity contribution in [2.24, 2.45) is 5.41 Å². The summed E-state index contributed by atoms with van der Waals surface area (Å²) in [6.07, 6.45) is 1.35. The van der Waals surface area contributed by atoms with Gasteiger partial charge in [-0.05, 0) is 11.5 Å². The molecule has 0 heterocycles. The highest BCUT2D eigenvalue weighted by Gasteiger charge is 2.27. The number of hydrogen-bond acceptors (Lipinski definition) is 4. The summed E-state index contributed by atoms with van der Waals surface area (Å²) in [4.78, 5) is 11.0. The molecule has 0 aliphatic rings. The van der Waals surface area contributed by atoms with Gasteiger partial charge in [0.05, 0.1) is 12.9 Å². The Bertz CT molecular complexity index is 314. The van der Waals surface area contributed by atoms with Gasteiger partial charge in [0.1, 0.15) is 0 Å². The van der Waals surface area contributed by atoms with Gasteiger partial charge >= 0.3 is 0 Å². The molecule has 0 amide bonds. The molecule has 0 aromatic carbocycles. The van der Waals surface area contributed by atoms with E-state index in [-0.39, 0.29) is 18.0 Å². The first-order chi connectivity index (χ1) is 6.22. The standard InChI is InChI=1S/C9H16O4S/c1-5-8(10)6-9(2,3)7-14(11,12)13-4/h5H,1,6-7H2,2-4H3. The molecule has 0 unspecified atom stereocenters. The van der Waals surface area contributed by atoms with Crippen molar-refractivity contribution in [3.8, 4) is 0 Å². The van der Waals surface area contributed by atoms with Crippen molar-refractivity contribution in [3.05, 3.63) is 12.7 Å². The van der Waals surface area contributed by atoms with Crippen LogP contribution in [0.25, 0.3) is 0 Å². The Morgan fingerprint density at radius 3 is 2.36 bits per heavy atom. The van der Waals surface area contributed by atoms with Crippen LogP contribution in [0.15, 0.2) is 12.7 Å². The van der Waals surface area contributed by atoms with Crippen molar-refractivity contribution in [2.75, 3.05) is 12.9 Å². The van der Waals surface area contributed by atoms with Gasteiger partial charge in [0.25, 0.3) is 10.1 Å². The Morgan fingerprint density at radius 1 is 1.50 bits per heavy atom. The summed E-state index contributed by atoms with van der Waals surface area (Å²) in [7, 11) is -2.41. The van der Waals surface area contributed by atoms with E-state index in [9.17, 15) is 13.2 Å². The first-order valence-electron chi connectivity index (χ1n) is 4.16. The molecule has 0 aliphatic heterocycles. The molecule has 0 saturated carbocycles. The van der Waals surface area contributed by atoms with Gasteiger partial charge in [-0.1, -0.05) is 20.4 Å². The average Bonchev–Trinajstić information content (AvgIpc) is 2.01. The number of allylic oxidation sites excluding steroid dienone is 1. The number of carbonyl (C=O) groups excluding carboxylic acids is 1. The normalized spacial score (nSPS) is 12.5. The van der Waals surface area contributed by atoms with Gasteiger partial charge < -0.3 is 0 Å². The molecule has 0 saturated heterocycles. The molecule has 0 atom stereocenters. The van der Waals surface area contributed by atoms with Crippen LogP contribution < -0.4 is 0 Å². The molecular formula is C9H16O4S. The molecule has 0 spiro atoms. The zero-order valence-electron chi connectivity index (χ0n) is 8.74. The smallest absolute Gasteiger partial charge is 0.267 e. The molecule has 82 valence electrons. The lowest BCUT2D eigenvalue weighted by molar-refractivity contribution is -0.116. The third kappa shape index (κ3) is 5.14. The highest BCUT2D eigenvalue weighted by Crippen LogP contribution is 2.23. The van der Waals surface area contributed by atoms with Crippen LogP contribution in [-0.4, -0.2) is 27.1 Å². The molecule has 0 fully saturated rings. The second-order valence-electron chi connectivity index (χ2n) is 3.88. The zero-order chi connectivity index (χ0) is 11.4. The number of rotatable bonds is 6. The fraction of sp³-hybridized carbons (Fsp3) is 0.667. The maximum atomic E-state index is 11.1. The van der Waals surface area contributed by atoms with E-state index in [1.165, 1.54) is 6.08 Å². The summed E-state index contributed by atoms with van der Waals surface area (Å²) >= 11 is 0. The van der Waals surface area contributed by atoms with E-state index in [2.05, 4.69) is 10.8 Å². The lowest BCUT2D eigenvalue weighted by Gasteiger charge is -2.21. The number of hydrogen-bond donors (Lipinski definition) is 0. The van der Waals surface area contributed by atoms with Crippen molar-refractivity contribution in [2.45, 2.75) is 20.3 Å². The van der Waals surface area contributed by atoms with E-state index >= 15 is 0 Å². The van der Waals surface area contributed by atoms with E-state index in [0.29, 0.717) is 0 Å². The van der Waals surface area contributed by atoms with Gasteiger partial charge in [0.15, 0.2) is 5.78 Å². The number of carbonyl (C=O) groups is 1. The minimum atomic E-state index is -3.52. The van der Waals surface area contributed by atoms with Crippen LogP contribution in [0.1, 0.15) is 20.3 Å². The summed E-state index contributed by atoms with van der Waals surface area (Å²) in [5, 5.41) is 0. The molecule has 5 heteroatoms. The topological polar surface area (TPSA) is 60.4 Å². The zero-order valence-corrected chi connectivity index (χ0v) is 9.56. The lowest BCUT2D eigenvalue weighted by atomic mass is 9.90. The fourth-order valence-electron chi connectivity index (χ4n) is 1.13. The Morgan fingerprint density at radius 2 is 2.00 bits per heavy atom. The molecule has 14 heavy (non-hydrogen) atoms. The van der Waals surface area contributed by atoms with Crippen molar-refractivity contribution in [1.82, 2.24) is 0 Å². The first-order valence-corrected chi connectivity index (χ1v) is 5.74. The van der Waals surface area contributed by atoms with E-state index in [4.69, 9.17) is 0 Å². The van der Waals surface area contributed by atoms with Crippen LogP contribution in [0.2, 0.25) is 0 Å². The van der Waals surface area contributed by atoms with Gasteiger partial charge in [0, 0.05) is 6.42 Å². The quantitative estimate of drug-likeness (QED) is 0.497. The monoisotopic (exact) mass is 220 g/mol. The maximum absolute atomic E-state index is 11.1. The molecule has 0 aromatic heterocycles. The van der Waals surface area contributed by atoms with Crippen molar-refractivity contribution in [3.63, 3.8) is 0 Å². The minimum absolute atomic E-state index is 0.152. The molecule has 4 nitrogen and oxygen atoms in total. The van der Waals surface area contributed by atoms with E-state index < -0.39 is 15.5 Å². The van der Waals surface area contributed by atoms with Crippen molar-refractivity contribution < 1.29 is 17.4 Å². The largest absolute Gasteiger partial charge is 0.295 e. The second-order valence-corrected chi connectivity index (χ2v) is 5.62. The molecule has 0 rings (SSSR count). The van der Waals surface area contributed by atoms with E-state index in [1.54, 1.807) is 13.8 Å². The van der Waals surface area contributed by atoms with Crippen LogP contribution in [0, 0.1) is 5.41 Å². The fourth-order valence-corrected chi connectivity index (χ4v) is 2.31. The molecule has 0 radical (unpaired) electrons. The van der Waals surface area contributed by atoms with Gasteiger partial charge in [-0.25, -0.2) is 0 Å². The lowest BCUT2D eigenvalue weighted by Crippen LogP contribution is -2.27. The summed E-state index contributed by atoms with van der Waals surface area (Å²) in [6, 6.07) is 0. The van der Waals surface area contributed by atoms with Crippen LogP contribution in [-0.2, 0) is 19.1 Å². The molecular weight excluding hydrogens is 204 g/mol. The van der Waals surface area contributed by atoms with Gasteiger partial charge in [0.2, 0.25) is 0 Å². The first kappa shape index (κ1) is 13.3. The highest BCUT2D eigenvalue weighted by atomic mass is 32.2. The summed E-state index contributed by atoms with van der Waals surface area (Å²) in [5.74, 6) is -0.336. The Labute approximate surface area is 85.1 Å². The van der Waals surface area contributed by atoms with Crippen LogP contribution in [0.5, 0.6) is 0 Å². The number of ketones is 1. The minimum Gasteiger partial charge on any atom is -0.295 e. The van der Waals surface area contributed by atoms with E-state index in [1.807, 2.05) is 0 Å². The summed E-state index contributed by atoms with van der Waals surface area (Å²) in [6.45, 7) is 6.73. The Hall–Kier alpha value is -0.680. The molecule has 0 N–H and O–H groups in total. The van der Waals surface area contributed by atoms with Gasteiger partial charge in [-0.2, -0.15) is 8.42 Å². The van der Waals surface area contributed by atoms with Gasteiger partial charge in [-0.3, -0.25) is 8.98 Å². The molecule has 0 aliphatic carbocycles. The average molecular weight is 220 g/mol. The SMILES string of the molecule is C=CC(=O)CC(C)(C)CS(=O)(=O)OC. The Kier molecular flexibility index (Phi) is 4.48. The molecule has 0 aromatic rings. The van der Waals surface area contributed by atoms with Crippen molar-refractivity contribution in [1.29, 1.82) is 0 Å². The van der Waals surface area contributed by atoms with Crippen LogP contribution >= 0.6 is 0 Å². The predicted molar refractivity (Wildman–Crippen MR) is 54.4 cm³/mol. The third-order valence-electron chi connectivity index (χ3n) is 1.70. The molecule has 0 bridgehead atoms. The van der Waals surface area contributed by atoms with Crippen LogP contribution in [0.4, 0.5) is 0 Å². The predicted octanol–water partition coefficient (Wildman–Crippen LogP) is 1.13. The Balaban J connectivity index is 4.49. The maximum Gasteiger partial charge on any atom is 0.267 e. The van der Waals surface area contributed by atoms with Gasteiger partial charge in [-0.15, -0.1) is 0 Å². The summed E-state index contributed by atoms with van der Waals surface area (Å²) in [5.41, 5.74) is -0.625. The van der Waals surface area contributed by atoms with Crippen LogP contribution in [0.3, 0.4) is 0 Å². The third-order valence-corrected chi connectivity index (χ3v) is 3.34. The highest BCUT2D eigenvalue weighted by molar-refractivity contribution is 7.86.